The van der Waals surface area contributed by atoms with Gasteiger partial charge in [0.15, 0.2) is 5.71 Å². The number of benzene rings is 2. The number of hydrogen-bond donors (Lipinski definition) is 12. The van der Waals surface area contributed by atoms with Crippen molar-refractivity contribution in [2.24, 2.45) is 5.92 Å². The number of aliphatic hydroxyl groups excluding tert-OH is 1. The van der Waals surface area contributed by atoms with Crippen molar-refractivity contribution in [2.75, 3.05) is 55.1 Å². The Labute approximate surface area is 607 Å². The Morgan fingerprint density at radius 3 is 1.84 bits per heavy atom. The highest BCUT2D eigenvalue weighted by atomic mass is 32.2. The van der Waals surface area contributed by atoms with Crippen LogP contribution >= 0.6 is 46.9 Å². The number of H-pyrrole nitrogens is 1. The van der Waals surface area contributed by atoms with Crippen LogP contribution in [-0.4, -0.2) is 180 Å². The van der Waals surface area contributed by atoms with E-state index in [9.17, 15) is 133 Å². The van der Waals surface area contributed by atoms with Gasteiger partial charge in [-0.2, -0.15) is 59.8 Å². The van der Waals surface area contributed by atoms with Crippen molar-refractivity contribution in [3.8, 4) is 0 Å². The lowest BCUT2D eigenvalue weighted by molar-refractivity contribution is -0.437. The Morgan fingerprint density at radius 1 is 0.698 bits per heavy atom. The number of nitrogens with one attached hydrogen (secondary N) is 1. The molecule has 0 amide bonds. The van der Waals surface area contributed by atoms with Gasteiger partial charge in [0.1, 0.15) is 24.7 Å². The summed E-state index contributed by atoms with van der Waals surface area (Å²) in [5, 5.41) is 10.3. The molecular formula is C54H81N4O38P6S4+. The summed E-state index contributed by atoms with van der Waals surface area (Å²) in [6, 6.07) is 11.3. The number of unbranched alkanes of at least 4 members (excludes halogenated alkanes) is 5. The summed E-state index contributed by atoms with van der Waals surface area (Å²) in [6.07, 6.45) is 1.52. The van der Waals surface area contributed by atoms with Crippen LogP contribution in [0.1, 0.15) is 127 Å². The van der Waals surface area contributed by atoms with Gasteiger partial charge in [-0.05, 0) is 96.1 Å². The number of aromatic amines is 1. The number of ketones is 1. The van der Waals surface area contributed by atoms with Gasteiger partial charge >= 0.3 is 58.6 Å². The molecule has 106 heavy (non-hydrogen) atoms. The minimum Gasteiger partial charge on any atom is -0.465 e. The standard InChI is InChI=1S/C54H80N4O38P6S4/c1-37-34-58(52(63)55-50(37)61)49-33-45(60)46(91-49)35-90-98(66,67)93-100(70,71)95-102(74,75)96-101(72,73)94-99(68,69)92-97(64,65)89-28-13-6-5-12-27-88-51(62)38(36-105(82,83)84)31-39(59)17-8-7-11-24-54(4)42-32-40(106(85,86)87)22-23-44(42)57(26-16-30-104(79,80)81)48(54)21-14-20-47-53(2,3)41-18-9-10-19-43(41)56(47)25-15-29-103(76,77)78/h9-10,14,18-23,32,34,38,45-46,49,60H,5-8,11-13,15-17,24-31,33,35-36H2,1-4H3,(H10-,55,61,63,64,65,66,67,68,69,70,71,72,73,74,75,76,77,78,79,80,81,82,83,84,85,86,87)/p+1/t38?,45?,46-,49-,54?/m1/s1. The lowest BCUT2D eigenvalue weighted by Gasteiger charge is -2.30. The maximum absolute atomic E-state index is 13.4. The third-order valence-electron chi connectivity index (χ3n) is 16.4. The summed E-state index contributed by atoms with van der Waals surface area (Å²) in [6.45, 7) is 4.84. The monoisotopic (exact) mass is 1710 g/mol. The molecule has 598 valence electrons. The van der Waals surface area contributed by atoms with Gasteiger partial charge in [0.05, 0.1) is 59.4 Å². The molecule has 52 heteroatoms. The average Bonchev–Trinajstić information content (AvgIpc) is 1.59. The molecule has 1 saturated heterocycles. The van der Waals surface area contributed by atoms with Crippen LogP contribution in [0.2, 0.25) is 0 Å². The molecule has 0 aliphatic carbocycles. The van der Waals surface area contributed by atoms with E-state index in [1.807, 2.05) is 47.7 Å². The van der Waals surface area contributed by atoms with Crippen LogP contribution in [0.4, 0.5) is 11.4 Å². The van der Waals surface area contributed by atoms with Crippen molar-refractivity contribution in [1.82, 2.24) is 9.55 Å². The second-order valence-corrected chi connectivity index (χ2v) is 40.6. The maximum Gasteiger partial charge on any atom is 0.490 e. The lowest BCUT2D eigenvalue weighted by atomic mass is 9.77. The number of Topliss-reactive ketones (excluding diaryl/α,β-unsaturated/α-hetero) is 1. The van der Waals surface area contributed by atoms with Crippen LogP contribution in [0.15, 0.2) is 87.1 Å². The molecule has 12 N–H and O–H groups in total. The number of aryl methyl sites for hydroxylation is 1. The van der Waals surface area contributed by atoms with Gasteiger partial charge < -0.3 is 48.8 Å². The summed E-state index contributed by atoms with van der Waals surface area (Å²) in [4.78, 5) is 113. The molecule has 2 aromatic carbocycles. The number of para-hydroxylation sites is 1. The van der Waals surface area contributed by atoms with Gasteiger partial charge in [-0.15, -0.1) is 0 Å². The predicted octanol–water partition coefficient (Wildman–Crippen LogP) is 5.83. The van der Waals surface area contributed by atoms with Crippen molar-refractivity contribution in [3.63, 3.8) is 0 Å². The summed E-state index contributed by atoms with van der Waals surface area (Å²) in [7, 11) is -56.3. The molecule has 0 radical (unpaired) electrons. The molecule has 3 aliphatic rings. The summed E-state index contributed by atoms with van der Waals surface area (Å²) in [5.74, 6) is -5.88. The number of carbonyl (C=O) groups is 2. The number of carbonyl (C=O) groups excluding carboxylic acids is 2. The molecule has 1 fully saturated rings. The quantitative estimate of drug-likeness (QED) is 0.0104. The first-order valence-corrected chi connectivity index (χ1v) is 46.8. The minimum atomic E-state index is -6.62. The Balaban J connectivity index is 0.972. The number of aromatic nitrogens is 2. The fourth-order valence-electron chi connectivity index (χ4n) is 11.7. The first-order chi connectivity index (χ1) is 48.5. The van der Waals surface area contributed by atoms with Crippen LogP contribution in [0, 0.1) is 12.8 Å². The number of rotatable bonds is 44. The molecule has 42 nitrogen and oxygen atoms in total. The molecule has 3 aromatic rings. The van der Waals surface area contributed by atoms with Gasteiger partial charge in [0.2, 0.25) is 5.69 Å². The summed E-state index contributed by atoms with van der Waals surface area (Å²) < 4.78 is 251. The Hall–Kier alpha value is -4.37. The fraction of sp³-hybridized carbons (Fsp3) is 0.574. The van der Waals surface area contributed by atoms with E-state index in [1.54, 1.807) is 30.1 Å². The molecule has 3 aliphatic heterocycles. The van der Waals surface area contributed by atoms with E-state index in [1.165, 1.54) is 19.1 Å². The Kier molecular flexibility index (Phi) is 30.7. The average molecular weight is 1710 g/mol. The van der Waals surface area contributed by atoms with E-state index >= 15 is 0 Å². The van der Waals surface area contributed by atoms with Gasteiger partial charge in [0.25, 0.3) is 46.0 Å². The second-order valence-electron chi connectivity index (χ2n) is 25.1. The Morgan fingerprint density at radius 2 is 1.25 bits per heavy atom. The minimum absolute atomic E-state index is 0.0111. The number of nitrogens with zero attached hydrogens (tertiary/aromatic N) is 3. The van der Waals surface area contributed by atoms with E-state index in [0.717, 1.165) is 33.8 Å². The second kappa shape index (κ2) is 36.0. The zero-order chi connectivity index (χ0) is 79.7. The number of ether oxygens (including phenoxy) is 2. The Bertz CT molecular complexity index is 4780. The van der Waals surface area contributed by atoms with Crippen LogP contribution in [-0.2, 0) is 128 Å². The zero-order valence-electron chi connectivity index (χ0n) is 56.6. The predicted molar refractivity (Wildman–Crippen MR) is 368 cm³/mol. The number of phosphoric ester groups is 2. The maximum atomic E-state index is 13.4. The number of fused-ring (bicyclic) bond motifs is 2. The normalized spacial score (nSPS) is 22.6. The molecule has 9 unspecified atom stereocenters. The molecular weight excluding hydrogens is 1630 g/mol. The van der Waals surface area contributed by atoms with Gasteiger partial charge in [-0.25, -0.2) is 32.2 Å². The van der Waals surface area contributed by atoms with E-state index < -0.39 is 194 Å². The van der Waals surface area contributed by atoms with E-state index in [-0.39, 0.29) is 82.9 Å². The van der Waals surface area contributed by atoms with Crippen molar-refractivity contribution in [2.45, 2.75) is 145 Å². The highest BCUT2D eigenvalue weighted by Gasteiger charge is 2.51. The highest BCUT2D eigenvalue weighted by Crippen LogP contribution is 2.75. The largest absolute Gasteiger partial charge is 0.490 e. The van der Waals surface area contributed by atoms with E-state index in [2.05, 4.69) is 30.6 Å². The first kappa shape index (κ1) is 90.5. The van der Waals surface area contributed by atoms with Crippen molar-refractivity contribution in [3.05, 3.63) is 110 Å². The highest BCUT2D eigenvalue weighted by molar-refractivity contribution is 7.86. The van der Waals surface area contributed by atoms with Crippen LogP contribution in [0.5, 0.6) is 0 Å². The molecule has 0 spiro atoms. The van der Waals surface area contributed by atoms with E-state index in [0.29, 0.717) is 29.8 Å². The van der Waals surface area contributed by atoms with Crippen LogP contribution < -0.4 is 16.1 Å². The summed E-state index contributed by atoms with van der Waals surface area (Å²) >= 11 is 0. The SMILES string of the molecule is Cc1cn([C@H]2CC(O)[C@@H](COP(=O)(O)OP(=O)(O)OP(=O)(O)OP(=O)(O)OP(=O)(O)OP(=O)(O)OCCCCCCOC(=O)C(CC(=O)CCCCCC3(C)/C(=C\C=C\C4=[N+](CCCS(=O)(=O)O)c5ccccc5C4(C)C)N(CCCS(=O)(=O)O)c4ccc(S(=O)(=O)O)cc43)CS(=O)(=O)O)O2)c(=O)[nH]c1=O. The molecule has 11 atom stereocenters. The number of esters is 1. The van der Waals surface area contributed by atoms with Gasteiger partial charge in [-0.3, -0.25) is 51.2 Å². The van der Waals surface area contributed by atoms with Crippen molar-refractivity contribution < 1.29 is 168 Å². The molecule has 1 aromatic heterocycles. The first-order valence-electron chi connectivity index (χ1n) is 31.6. The summed E-state index contributed by atoms with van der Waals surface area (Å²) in [5.41, 5.74) is 0.360. The lowest BCUT2D eigenvalue weighted by Crippen LogP contribution is -2.33. The third-order valence-corrected chi connectivity index (χ3v) is 28.9. The van der Waals surface area contributed by atoms with Gasteiger partial charge in [-0.1, -0.05) is 43.5 Å². The van der Waals surface area contributed by atoms with Gasteiger partial charge in [0, 0.05) is 78.5 Å². The topological polar surface area (TPSA) is 640 Å². The third kappa shape index (κ3) is 27.5. The van der Waals surface area contributed by atoms with Crippen molar-refractivity contribution in [1.29, 1.82) is 0 Å². The molecule has 0 bridgehead atoms. The number of anilines is 1. The zero-order valence-corrected chi connectivity index (χ0v) is 65.2. The molecule has 6 rings (SSSR count). The van der Waals surface area contributed by atoms with Crippen molar-refractivity contribution >= 4 is 116 Å². The number of hydrogen-bond acceptors (Lipinski definition) is 29. The fourth-order valence-corrected chi connectivity index (χ4v) is 21.8. The number of phosphoric acid groups is 6. The molecule has 0 saturated carbocycles. The van der Waals surface area contributed by atoms with E-state index in [4.69, 9.17) is 9.47 Å². The number of allylic oxidation sites excluding steroid dienone is 4. The van der Waals surface area contributed by atoms with Crippen LogP contribution in [0.25, 0.3) is 0 Å². The van der Waals surface area contributed by atoms with Crippen LogP contribution in [0.3, 0.4) is 0 Å². The molecule has 4 heterocycles. The number of aliphatic hydroxyl groups is 1. The smallest absolute Gasteiger partial charge is 0.465 e.